The Labute approximate surface area is 121 Å². The third-order valence-corrected chi connectivity index (χ3v) is 4.10. The van der Waals surface area contributed by atoms with Gasteiger partial charge in [0.2, 0.25) is 0 Å². The minimum absolute atomic E-state index is 0.0117. The monoisotopic (exact) mass is 292 g/mol. The molecule has 3 rings (SSSR count). The first-order chi connectivity index (χ1) is 9.70. The maximum Gasteiger partial charge on any atom is 0.337 e. The van der Waals surface area contributed by atoms with Crippen LogP contribution in [-0.2, 0) is 9.53 Å². The van der Waals surface area contributed by atoms with Crippen LogP contribution in [0.25, 0.3) is 0 Å². The first-order valence-corrected chi connectivity index (χ1v) is 7.45. The van der Waals surface area contributed by atoms with Crippen molar-refractivity contribution in [1.82, 2.24) is 9.88 Å². The highest BCUT2D eigenvalue weighted by atomic mass is 32.1. The third-order valence-electron chi connectivity index (χ3n) is 3.33. The summed E-state index contributed by atoms with van der Waals surface area (Å²) in [7, 11) is 0. The largest absolute Gasteiger partial charge is 0.463 e. The molecular formula is C13H16N4O2S. The highest BCUT2D eigenvalue weighted by Crippen LogP contribution is 2.30. The SMILES string of the molecule is CCOC(=O)C1=C2CC(N)CN2C(c2nccs2)=NC1. The highest BCUT2D eigenvalue weighted by molar-refractivity contribution is 7.11. The number of amidine groups is 1. The first-order valence-electron chi connectivity index (χ1n) is 6.57. The van der Waals surface area contributed by atoms with Crippen molar-refractivity contribution in [1.29, 1.82) is 0 Å². The molecule has 0 bridgehead atoms. The molecule has 6 nitrogen and oxygen atoms in total. The summed E-state index contributed by atoms with van der Waals surface area (Å²) >= 11 is 1.54. The molecule has 1 saturated heterocycles. The zero-order chi connectivity index (χ0) is 14.1. The molecule has 2 aliphatic rings. The zero-order valence-corrected chi connectivity index (χ0v) is 12.0. The lowest BCUT2D eigenvalue weighted by atomic mass is 10.1. The Kier molecular flexibility index (Phi) is 3.54. The quantitative estimate of drug-likeness (QED) is 0.832. The van der Waals surface area contributed by atoms with Gasteiger partial charge in [0, 0.05) is 36.3 Å². The van der Waals surface area contributed by atoms with Crippen molar-refractivity contribution in [3.05, 3.63) is 27.9 Å². The molecule has 0 spiro atoms. The van der Waals surface area contributed by atoms with E-state index in [0.29, 0.717) is 31.7 Å². The fourth-order valence-electron chi connectivity index (χ4n) is 2.52. The average molecular weight is 292 g/mol. The number of esters is 1. The fourth-order valence-corrected chi connectivity index (χ4v) is 3.17. The summed E-state index contributed by atoms with van der Waals surface area (Å²) in [4.78, 5) is 22.8. The minimum Gasteiger partial charge on any atom is -0.463 e. The molecule has 1 aromatic heterocycles. The number of carbonyl (C=O) groups excluding carboxylic acids is 1. The molecule has 3 heterocycles. The summed E-state index contributed by atoms with van der Waals surface area (Å²) in [5.74, 6) is 0.527. The van der Waals surface area contributed by atoms with Crippen molar-refractivity contribution in [3.63, 3.8) is 0 Å². The summed E-state index contributed by atoms with van der Waals surface area (Å²) in [6.45, 7) is 3.17. The van der Waals surface area contributed by atoms with Crippen molar-refractivity contribution in [3.8, 4) is 0 Å². The highest BCUT2D eigenvalue weighted by Gasteiger charge is 2.36. The van der Waals surface area contributed by atoms with Gasteiger partial charge in [0.1, 0.15) is 0 Å². The first kappa shape index (κ1) is 13.3. The van der Waals surface area contributed by atoms with Gasteiger partial charge in [-0.05, 0) is 6.92 Å². The molecule has 2 aliphatic heterocycles. The van der Waals surface area contributed by atoms with Crippen LogP contribution in [-0.4, -0.2) is 47.4 Å². The molecule has 1 unspecified atom stereocenters. The molecule has 20 heavy (non-hydrogen) atoms. The second kappa shape index (κ2) is 5.34. The van der Waals surface area contributed by atoms with Gasteiger partial charge in [0.15, 0.2) is 10.8 Å². The lowest BCUT2D eigenvalue weighted by molar-refractivity contribution is -0.138. The number of rotatable bonds is 3. The lowest BCUT2D eigenvalue weighted by Gasteiger charge is -2.26. The van der Waals surface area contributed by atoms with Crippen LogP contribution in [0.1, 0.15) is 18.4 Å². The summed E-state index contributed by atoms with van der Waals surface area (Å²) in [6.07, 6.45) is 2.43. The molecule has 2 N–H and O–H groups in total. The Morgan fingerprint density at radius 3 is 3.20 bits per heavy atom. The van der Waals surface area contributed by atoms with E-state index in [1.54, 1.807) is 13.1 Å². The summed E-state index contributed by atoms with van der Waals surface area (Å²) in [5, 5.41) is 2.78. The number of hydrogen-bond donors (Lipinski definition) is 1. The van der Waals surface area contributed by atoms with Crippen LogP contribution in [0, 0.1) is 0 Å². The van der Waals surface area contributed by atoms with Crippen LogP contribution in [0.3, 0.4) is 0 Å². The topological polar surface area (TPSA) is 80.8 Å². The summed E-state index contributed by atoms with van der Waals surface area (Å²) < 4.78 is 5.10. The molecule has 0 amide bonds. The Hall–Kier alpha value is -1.73. The number of fused-ring (bicyclic) bond motifs is 1. The maximum atomic E-state index is 12.0. The number of nitrogens with two attached hydrogens (primary N) is 1. The van der Waals surface area contributed by atoms with Gasteiger partial charge < -0.3 is 15.4 Å². The Balaban J connectivity index is 1.94. The van der Waals surface area contributed by atoms with Crippen molar-refractivity contribution >= 4 is 23.1 Å². The molecule has 0 saturated carbocycles. The van der Waals surface area contributed by atoms with Gasteiger partial charge >= 0.3 is 5.97 Å². The number of carbonyl (C=O) groups is 1. The van der Waals surface area contributed by atoms with E-state index in [2.05, 4.69) is 9.98 Å². The van der Waals surface area contributed by atoms with E-state index in [1.165, 1.54) is 11.3 Å². The van der Waals surface area contributed by atoms with Crippen LogP contribution < -0.4 is 5.73 Å². The van der Waals surface area contributed by atoms with Gasteiger partial charge in [-0.15, -0.1) is 11.3 Å². The van der Waals surface area contributed by atoms with E-state index in [0.717, 1.165) is 16.5 Å². The molecule has 0 radical (unpaired) electrons. The number of hydrogen-bond acceptors (Lipinski definition) is 7. The Morgan fingerprint density at radius 2 is 2.50 bits per heavy atom. The Bertz CT molecular complexity index is 579. The Morgan fingerprint density at radius 1 is 1.65 bits per heavy atom. The van der Waals surface area contributed by atoms with Gasteiger partial charge in [-0.2, -0.15) is 0 Å². The fraction of sp³-hybridized carbons (Fsp3) is 0.462. The zero-order valence-electron chi connectivity index (χ0n) is 11.2. The molecular weight excluding hydrogens is 276 g/mol. The normalized spacial score (nSPS) is 21.8. The predicted molar refractivity (Wildman–Crippen MR) is 76.5 cm³/mol. The number of nitrogens with zero attached hydrogens (tertiary/aromatic N) is 3. The van der Waals surface area contributed by atoms with E-state index >= 15 is 0 Å². The molecule has 0 aromatic carbocycles. The van der Waals surface area contributed by atoms with E-state index < -0.39 is 0 Å². The number of aromatic nitrogens is 1. The minimum atomic E-state index is -0.288. The predicted octanol–water partition coefficient (Wildman–Crippen LogP) is 0.754. The van der Waals surface area contributed by atoms with E-state index in [1.807, 2.05) is 10.3 Å². The smallest absolute Gasteiger partial charge is 0.337 e. The van der Waals surface area contributed by atoms with Crippen molar-refractivity contribution in [2.24, 2.45) is 10.7 Å². The van der Waals surface area contributed by atoms with E-state index in [4.69, 9.17) is 10.5 Å². The van der Waals surface area contributed by atoms with Gasteiger partial charge in [-0.1, -0.05) is 0 Å². The number of ether oxygens (including phenoxy) is 1. The van der Waals surface area contributed by atoms with Crippen LogP contribution in [0.15, 0.2) is 27.8 Å². The van der Waals surface area contributed by atoms with Crippen LogP contribution in [0.2, 0.25) is 0 Å². The molecule has 106 valence electrons. The molecule has 7 heteroatoms. The average Bonchev–Trinajstić information content (AvgIpc) is 3.05. The van der Waals surface area contributed by atoms with Crippen molar-refractivity contribution < 1.29 is 9.53 Å². The van der Waals surface area contributed by atoms with Gasteiger partial charge in [-0.3, -0.25) is 4.99 Å². The third kappa shape index (κ3) is 2.23. The molecule has 1 atom stereocenters. The lowest BCUT2D eigenvalue weighted by Crippen LogP contribution is -2.35. The number of thiazole rings is 1. The van der Waals surface area contributed by atoms with Crippen molar-refractivity contribution in [2.75, 3.05) is 19.7 Å². The van der Waals surface area contributed by atoms with Crippen LogP contribution in [0.4, 0.5) is 0 Å². The molecule has 1 aromatic rings. The standard InChI is InChI=1S/C13H16N4O2S/c1-2-19-13(18)9-6-16-11(12-15-3-4-20-12)17-7-8(14)5-10(9)17/h3-4,8H,2,5-7,14H2,1H3. The van der Waals surface area contributed by atoms with Crippen LogP contribution in [0.5, 0.6) is 0 Å². The van der Waals surface area contributed by atoms with E-state index in [-0.39, 0.29) is 12.0 Å². The van der Waals surface area contributed by atoms with Crippen molar-refractivity contribution in [2.45, 2.75) is 19.4 Å². The van der Waals surface area contributed by atoms with Gasteiger partial charge in [-0.25, -0.2) is 9.78 Å². The van der Waals surface area contributed by atoms with Gasteiger partial charge in [0.25, 0.3) is 0 Å². The molecule has 0 aliphatic carbocycles. The van der Waals surface area contributed by atoms with Crippen LogP contribution >= 0.6 is 11.3 Å². The molecule has 1 fully saturated rings. The maximum absolute atomic E-state index is 12.0. The summed E-state index contributed by atoms with van der Waals surface area (Å²) in [6, 6.07) is 0.0117. The second-order valence-electron chi connectivity index (χ2n) is 4.70. The van der Waals surface area contributed by atoms with E-state index in [9.17, 15) is 4.79 Å². The van der Waals surface area contributed by atoms with Gasteiger partial charge in [0.05, 0.1) is 18.7 Å². The second-order valence-corrected chi connectivity index (χ2v) is 5.59. The number of aliphatic imine (C=N–C) groups is 1. The summed E-state index contributed by atoms with van der Waals surface area (Å²) in [5.41, 5.74) is 7.61.